The van der Waals surface area contributed by atoms with Crippen molar-refractivity contribution in [2.24, 2.45) is 0 Å². The van der Waals surface area contributed by atoms with E-state index < -0.39 is 12.0 Å². The average Bonchev–Trinajstić information content (AvgIpc) is 3.09. The zero-order chi connectivity index (χ0) is 14.1. The number of benzene rings is 1. The van der Waals surface area contributed by atoms with Gasteiger partial charge in [-0.15, -0.1) is 0 Å². The Morgan fingerprint density at radius 3 is 2.80 bits per heavy atom. The van der Waals surface area contributed by atoms with E-state index in [1.807, 2.05) is 23.1 Å². The Morgan fingerprint density at radius 1 is 1.40 bits per heavy atom. The minimum Gasteiger partial charge on any atom is -0.497 e. The zero-order valence-corrected chi connectivity index (χ0v) is 11.4. The van der Waals surface area contributed by atoms with Crippen molar-refractivity contribution in [2.75, 3.05) is 20.2 Å². The first-order valence-electron chi connectivity index (χ1n) is 6.82. The summed E-state index contributed by atoms with van der Waals surface area (Å²) in [5.74, 6) is -0.0560. The maximum absolute atomic E-state index is 11.7. The maximum Gasteiger partial charge on any atom is 0.325 e. The number of ether oxygens (including phenoxy) is 1. The molecule has 1 aromatic carbocycles. The molecule has 2 N–H and O–H groups in total. The molecule has 0 aliphatic carbocycles. The molecule has 1 aromatic heterocycles. The zero-order valence-electron chi connectivity index (χ0n) is 11.4. The molecule has 2 aromatic rings. The lowest BCUT2D eigenvalue weighted by Crippen LogP contribution is -2.31. The smallest absolute Gasteiger partial charge is 0.325 e. The lowest BCUT2D eigenvalue weighted by atomic mass is 10.0. The van der Waals surface area contributed by atoms with Crippen LogP contribution in [0.2, 0.25) is 0 Å². The molecule has 0 saturated carbocycles. The van der Waals surface area contributed by atoms with E-state index in [0.717, 1.165) is 48.1 Å². The van der Waals surface area contributed by atoms with Crippen molar-refractivity contribution in [3.05, 3.63) is 30.0 Å². The number of nitrogens with zero attached hydrogens (tertiary/aromatic N) is 1. The second-order valence-electron chi connectivity index (χ2n) is 5.14. The molecule has 0 spiro atoms. The third-order valence-electron chi connectivity index (χ3n) is 3.96. The number of hydrogen-bond donors (Lipinski definition) is 2. The Balaban J connectivity index is 2.08. The number of aromatic amines is 1. The largest absolute Gasteiger partial charge is 0.497 e. The van der Waals surface area contributed by atoms with Crippen molar-refractivity contribution in [1.82, 2.24) is 9.88 Å². The number of likely N-dealkylation sites (tertiary alicyclic amines) is 1. The van der Waals surface area contributed by atoms with Crippen LogP contribution in [0.15, 0.2) is 24.4 Å². The topological polar surface area (TPSA) is 65.6 Å². The molecule has 1 atom stereocenters. The van der Waals surface area contributed by atoms with Gasteiger partial charge in [0.2, 0.25) is 0 Å². The van der Waals surface area contributed by atoms with Gasteiger partial charge in [-0.25, -0.2) is 0 Å². The van der Waals surface area contributed by atoms with Gasteiger partial charge in [0.15, 0.2) is 0 Å². The minimum absolute atomic E-state index is 0.585. The van der Waals surface area contributed by atoms with E-state index >= 15 is 0 Å². The molecule has 1 aliphatic rings. The number of carboxylic acids is 1. The summed E-state index contributed by atoms with van der Waals surface area (Å²) in [6.07, 6.45) is 3.94. The van der Waals surface area contributed by atoms with Crippen LogP contribution < -0.4 is 4.74 Å². The average molecular weight is 274 g/mol. The molecular formula is C15H18N2O3. The summed E-state index contributed by atoms with van der Waals surface area (Å²) >= 11 is 0. The first-order valence-corrected chi connectivity index (χ1v) is 6.82. The van der Waals surface area contributed by atoms with Gasteiger partial charge in [-0.05, 0) is 44.1 Å². The van der Waals surface area contributed by atoms with Crippen LogP contribution >= 0.6 is 0 Å². The normalized spacial score (nSPS) is 17.4. The lowest BCUT2D eigenvalue weighted by molar-refractivity contribution is -0.143. The SMILES string of the molecule is COc1ccc2[nH]cc([C@H](C(=O)O)N3CCCC3)c2c1. The number of carbonyl (C=O) groups is 1. The summed E-state index contributed by atoms with van der Waals surface area (Å²) in [6, 6.07) is 5.10. The van der Waals surface area contributed by atoms with Gasteiger partial charge >= 0.3 is 5.97 Å². The number of carboxylic acid groups (broad SMARTS) is 1. The Hall–Kier alpha value is -2.01. The molecule has 106 valence electrons. The fraction of sp³-hybridized carbons (Fsp3) is 0.400. The maximum atomic E-state index is 11.7. The van der Waals surface area contributed by atoms with Crippen molar-refractivity contribution >= 4 is 16.9 Å². The van der Waals surface area contributed by atoms with Crippen LogP contribution in [0.4, 0.5) is 0 Å². The molecule has 3 rings (SSSR count). The quantitative estimate of drug-likeness (QED) is 0.898. The molecule has 20 heavy (non-hydrogen) atoms. The monoisotopic (exact) mass is 274 g/mol. The van der Waals surface area contributed by atoms with Gasteiger partial charge in [0.25, 0.3) is 0 Å². The molecule has 0 radical (unpaired) electrons. The molecule has 1 fully saturated rings. The number of nitrogens with one attached hydrogen (secondary N) is 1. The van der Waals surface area contributed by atoms with Gasteiger partial charge in [0.1, 0.15) is 11.8 Å². The van der Waals surface area contributed by atoms with Gasteiger partial charge in [-0.1, -0.05) is 0 Å². The van der Waals surface area contributed by atoms with Crippen LogP contribution in [0, 0.1) is 0 Å². The minimum atomic E-state index is -0.796. The Morgan fingerprint density at radius 2 is 2.15 bits per heavy atom. The number of methoxy groups -OCH3 is 1. The Kier molecular flexibility index (Phi) is 3.36. The van der Waals surface area contributed by atoms with Gasteiger partial charge < -0.3 is 14.8 Å². The van der Waals surface area contributed by atoms with Gasteiger partial charge in [0, 0.05) is 22.7 Å². The predicted molar refractivity (Wildman–Crippen MR) is 76.0 cm³/mol. The molecule has 5 nitrogen and oxygen atoms in total. The highest BCUT2D eigenvalue weighted by atomic mass is 16.5. The van der Waals surface area contributed by atoms with Crippen molar-refractivity contribution in [3.63, 3.8) is 0 Å². The molecule has 1 aliphatic heterocycles. The van der Waals surface area contributed by atoms with E-state index in [0.29, 0.717) is 0 Å². The second kappa shape index (κ2) is 5.17. The van der Waals surface area contributed by atoms with Crippen molar-refractivity contribution in [2.45, 2.75) is 18.9 Å². The summed E-state index contributed by atoms with van der Waals surface area (Å²) in [6.45, 7) is 1.68. The van der Waals surface area contributed by atoms with E-state index in [2.05, 4.69) is 4.98 Å². The van der Waals surface area contributed by atoms with Crippen molar-refractivity contribution in [3.8, 4) is 5.75 Å². The van der Waals surface area contributed by atoms with Crippen molar-refractivity contribution in [1.29, 1.82) is 0 Å². The predicted octanol–water partition coefficient (Wildman–Crippen LogP) is 2.40. The van der Waals surface area contributed by atoms with Crippen molar-refractivity contribution < 1.29 is 14.6 Å². The van der Waals surface area contributed by atoms with Gasteiger partial charge in [-0.3, -0.25) is 9.69 Å². The summed E-state index contributed by atoms with van der Waals surface area (Å²) in [5, 5.41) is 10.5. The van der Waals surface area contributed by atoms with Crippen LogP contribution in [0.3, 0.4) is 0 Å². The molecule has 0 bridgehead atoms. The standard InChI is InChI=1S/C15H18N2O3/c1-20-10-4-5-13-11(8-10)12(9-16-13)14(15(18)19)17-6-2-3-7-17/h4-5,8-9,14,16H,2-3,6-7H2,1H3,(H,18,19)/t14-/m1/s1. The highest BCUT2D eigenvalue weighted by Crippen LogP contribution is 2.32. The number of rotatable bonds is 4. The van der Waals surface area contributed by atoms with Crippen LogP contribution in [-0.4, -0.2) is 41.2 Å². The summed E-state index contributed by atoms with van der Waals surface area (Å²) in [5.41, 5.74) is 1.75. The summed E-state index contributed by atoms with van der Waals surface area (Å²) in [4.78, 5) is 16.9. The van der Waals surface area contributed by atoms with Gasteiger partial charge in [-0.2, -0.15) is 0 Å². The number of hydrogen-bond acceptors (Lipinski definition) is 3. The third-order valence-corrected chi connectivity index (χ3v) is 3.96. The molecule has 1 saturated heterocycles. The Bertz CT molecular complexity index is 629. The van der Waals surface area contributed by atoms with Crippen LogP contribution in [0.1, 0.15) is 24.4 Å². The van der Waals surface area contributed by atoms with E-state index in [1.165, 1.54) is 0 Å². The number of aromatic nitrogens is 1. The van der Waals surface area contributed by atoms with Gasteiger partial charge in [0.05, 0.1) is 7.11 Å². The highest BCUT2D eigenvalue weighted by molar-refractivity contribution is 5.90. The second-order valence-corrected chi connectivity index (χ2v) is 5.14. The number of aliphatic carboxylic acids is 1. The van der Waals surface area contributed by atoms with E-state index in [9.17, 15) is 9.90 Å². The first kappa shape index (κ1) is 13.0. The molecule has 0 unspecified atom stereocenters. The van der Waals surface area contributed by atoms with E-state index in [-0.39, 0.29) is 0 Å². The summed E-state index contributed by atoms with van der Waals surface area (Å²) in [7, 11) is 1.61. The lowest BCUT2D eigenvalue weighted by Gasteiger charge is -2.23. The third kappa shape index (κ3) is 2.14. The van der Waals surface area contributed by atoms with E-state index in [1.54, 1.807) is 13.3 Å². The number of H-pyrrole nitrogens is 1. The fourth-order valence-corrected chi connectivity index (χ4v) is 2.96. The fourth-order valence-electron chi connectivity index (χ4n) is 2.96. The molecule has 2 heterocycles. The van der Waals surface area contributed by atoms with E-state index in [4.69, 9.17) is 4.74 Å². The number of fused-ring (bicyclic) bond motifs is 1. The van der Waals surface area contributed by atoms with Crippen LogP contribution in [0.5, 0.6) is 5.75 Å². The van der Waals surface area contributed by atoms with Crippen LogP contribution in [-0.2, 0) is 4.79 Å². The van der Waals surface area contributed by atoms with Crippen LogP contribution in [0.25, 0.3) is 10.9 Å². The molecular weight excluding hydrogens is 256 g/mol. The molecule has 5 heteroatoms. The Labute approximate surface area is 117 Å². The first-order chi connectivity index (χ1) is 9.70. The molecule has 0 amide bonds. The highest BCUT2D eigenvalue weighted by Gasteiger charge is 2.31. The summed E-state index contributed by atoms with van der Waals surface area (Å²) < 4.78 is 5.24.